The Bertz CT molecular complexity index is 643. The Hall–Kier alpha value is -1.80. The van der Waals surface area contributed by atoms with Crippen LogP contribution in [0.3, 0.4) is 0 Å². The summed E-state index contributed by atoms with van der Waals surface area (Å²) in [6.07, 6.45) is 0.680. The first-order valence-electron chi connectivity index (χ1n) is 7.74. The highest BCUT2D eigenvalue weighted by molar-refractivity contribution is 7.91. The van der Waals surface area contributed by atoms with Crippen molar-refractivity contribution in [3.8, 4) is 11.5 Å². The van der Waals surface area contributed by atoms with Gasteiger partial charge in [0.05, 0.1) is 32.3 Å². The largest absolute Gasteiger partial charge is 0.497 e. The van der Waals surface area contributed by atoms with Crippen LogP contribution in [-0.2, 0) is 19.4 Å². The van der Waals surface area contributed by atoms with Gasteiger partial charge < -0.3 is 14.2 Å². The zero-order chi connectivity index (χ0) is 17.6. The smallest absolute Gasteiger partial charge is 0.324 e. The molecule has 1 heterocycles. The predicted octanol–water partition coefficient (Wildman–Crippen LogP) is 0.736. The van der Waals surface area contributed by atoms with Gasteiger partial charge in [0, 0.05) is 13.1 Å². The highest BCUT2D eigenvalue weighted by Gasteiger charge is 2.36. The van der Waals surface area contributed by atoms with Gasteiger partial charge in [0.25, 0.3) is 0 Å². The van der Waals surface area contributed by atoms with Crippen LogP contribution in [0.2, 0.25) is 0 Å². The zero-order valence-electron chi connectivity index (χ0n) is 13.9. The molecular formula is C16H23NO6S. The van der Waals surface area contributed by atoms with Crippen LogP contribution >= 0.6 is 0 Å². The fourth-order valence-electron chi connectivity index (χ4n) is 2.59. The van der Waals surface area contributed by atoms with E-state index >= 15 is 0 Å². The van der Waals surface area contributed by atoms with Gasteiger partial charge in [-0.05, 0) is 30.7 Å². The number of hydrogen-bond donors (Lipinski definition) is 0. The van der Waals surface area contributed by atoms with E-state index in [1.54, 1.807) is 7.11 Å². The molecule has 8 heteroatoms. The van der Waals surface area contributed by atoms with Gasteiger partial charge in [-0.15, -0.1) is 0 Å². The molecule has 0 aliphatic carbocycles. The maximum absolute atomic E-state index is 11.8. The molecule has 1 aromatic carbocycles. The molecule has 0 saturated carbocycles. The van der Waals surface area contributed by atoms with Crippen LogP contribution in [-0.4, -0.2) is 70.8 Å². The average Bonchev–Trinajstić information content (AvgIpc) is 2.59. The molecule has 0 spiro atoms. The Morgan fingerprint density at radius 1 is 1.21 bits per heavy atom. The van der Waals surface area contributed by atoms with Gasteiger partial charge in [-0.3, -0.25) is 9.69 Å². The first-order chi connectivity index (χ1) is 11.4. The lowest BCUT2D eigenvalue weighted by Gasteiger charge is -2.33. The standard InChI is InChI=1S/C16H23NO6S/c1-21-13-4-6-14(7-5-13)23-10-3-8-17-9-11-24(19,20)12-15(17)16(18)22-2/h4-7,15H,3,8-12H2,1-2H3/t15-/m1/s1. The molecule has 1 atom stereocenters. The van der Waals surface area contributed by atoms with E-state index in [0.717, 1.165) is 11.5 Å². The molecule has 1 aliphatic heterocycles. The minimum absolute atomic E-state index is 0.0693. The summed E-state index contributed by atoms with van der Waals surface area (Å²) in [6.45, 7) is 1.39. The zero-order valence-corrected chi connectivity index (χ0v) is 14.8. The van der Waals surface area contributed by atoms with Gasteiger partial charge >= 0.3 is 5.97 Å². The molecule has 24 heavy (non-hydrogen) atoms. The summed E-state index contributed by atoms with van der Waals surface area (Å²) < 4.78 is 38.9. The molecule has 0 unspecified atom stereocenters. The fourth-order valence-corrected chi connectivity index (χ4v) is 4.10. The minimum Gasteiger partial charge on any atom is -0.497 e. The Balaban J connectivity index is 1.82. The van der Waals surface area contributed by atoms with Gasteiger partial charge in [0.1, 0.15) is 17.5 Å². The highest BCUT2D eigenvalue weighted by Crippen LogP contribution is 2.18. The number of ether oxygens (including phenoxy) is 3. The highest BCUT2D eigenvalue weighted by atomic mass is 32.2. The second kappa shape index (κ2) is 8.34. The molecule has 1 aromatic rings. The van der Waals surface area contributed by atoms with Crippen LogP contribution in [0.15, 0.2) is 24.3 Å². The normalized spacial score (nSPS) is 20.3. The topological polar surface area (TPSA) is 82.1 Å². The van der Waals surface area contributed by atoms with Crippen molar-refractivity contribution >= 4 is 15.8 Å². The van der Waals surface area contributed by atoms with Crippen LogP contribution in [0, 0.1) is 0 Å². The first-order valence-corrected chi connectivity index (χ1v) is 9.56. The molecule has 0 aromatic heterocycles. The maximum Gasteiger partial charge on any atom is 0.324 e. The van der Waals surface area contributed by atoms with Crippen molar-refractivity contribution in [2.45, 2.75) is 12.5 Å². The molecule has 0 amide bonds. The van der Waals surface area contributed by atoms with Crippen molar-refractivity contribution in [2.24, 2.45) is 0 Å². The van der Waals surface area contributed by atoms with Crippen molar-refractivity contribution < 1.29 is 27.4 Å². The monoisotopic (exact) mass is 357 g/mol. The number of rotatable bonds is 7. The number of nitrogens with zero attached hydrogens (tertiary/aromatic N) is 1. The summed E-state index contributed by atoms with van der Waals surface area (Å²) in [5.41, 5.74) is 0. The van der Waals surface area contributed by atoms with Gasteiger partial charge in [-0.1, -0.05) is 0 Å². The average molecular weight is 357 g/mol. The van der Waals surface area contributed by atoms with Crippen LogP contribution in [0.25, 0.3) is 0 Å². The molecule has 0 radical (unpaired) electrons. The van der Waals surface area contributed by atoms with Gasteiger partial charge in [0.2, 0.25) is 0 Å². The first kappa shape index (κ1) is 18.5. The van der Waals surface area contributed by atoms with E-state index in [1.807, 2.05) is 29.2 Å². The summed E-state index contributed by atoms with van der Waals surface area (Å²) in [5.74, 6) is 0.882. The van der Waals surface area contributed by atoms with Crippen LogP contribution < -0.4 is 9.47 Å². The Kier molecular flexibility index (Phi) is 6.44. The quantitative estimate of drug-likeness (QED) is 0.526. The number of carbonyl (C=O) groups excluding carboxylic acids is 1. The van der Waals surface area contributed by atoms with E-state index in [4.69, 9.17) is 14.2 Å². The van der Waals surface area contributed by atoms with E-state index in [9.17, 15) is 13.2 Å². The molecule has 1 saturated heterocycles. The SMILES string of the molecule is COC(=O)[C@H]1CS(=O)(=O)CCN1CCCOc1ccc(OC)cc1. The summed E-state index contributed by atoms with van der Waals surface area (Å²) in [7, 11) is -0.310. The van der Waals surface area contributed by atoms with E-state index in [-0.39, 0.29) is 11.5 Å². The lowest BCUT2D eigenvalue weighted by Crippen LogP contribution is -2.53. The van der Waals surface area contributed by atoms with Crippen LogP contribution in [0.1, 0.15) is 6.42 Å². The molecular weight excluding hydrogens is 334 g/mol. The molecule has 2 rings (SSSR count). The van der Waals surface area contributed by atoms with Crippen LogP contribution in [0.4, 0.5) is 0 Å². The number of benzene rings is 1. The Morgan fingerprint density at radius 3 is 2.50 bits per heavy atom. The van der Waals surface area contributed by atoms with E-state index in [1.165, 1.54) is 7.11 Å². The number of sulfone groups is 1. The number of methoxy groups -OCH3 is 2. The maximum atomic E-state index is 11.8. The van der Waals surface area contributed by atoms with Crippen LogP contribution in [0.5, 0.6) is 11.5 Å². The summed E-state index contributed by atoms with van der Waals surface area (Å²) in [4.78, 5) is 13.7. The van der Waals surface area contributed by atoms with Crippen molar-refractivity contribution in [2.75, 3.05) is 45.4 Å². The summed E-state index contributed by atoms with van der Waals surface area (Å²) in [6, 6.07) is 6.55. The summed E-state index contributed by atoms with van der Waals surface area (Å²) in [5, 5.41) is 0. The molecule has 0 N–H and O–H groups in total. The Labute approximate surface area is 142 Å². The Morgan fingerprint density at radius 2 is 1.88 bits per heavy atom. The number of esters is 1. The minimum atomic E-state index is -3.19. The van der Waals surface area contributed by atoms with E-state index < -0.39 is 21.8 Å². The second-order valence-electron chi connectivity index (χ2n) is 5.57. The number of carbonyl (C=O) groups is 1. The summed E-state index contributed by atoms with van der Waals surface area (Å²) >= 11 is 0. The van der Waals surface area contributed by atoms with Gasteiger partial charge in [-0.25, -0.2) is 8.42 Å². The van der Waals surface area contributed by atoms with Gasteiger partial charge in [-0.2, -0.15) is 0 Å². The third-order valence-corrected chi connectivity index (χ3v) is 5.56. The van der Waals surface area contributed by atoms with E-state index in [2.05, 4.69) is 0 Å². The molecule has 1 fully saturated rings. The van der Waals surface area contributed by atoms with Crippen molar-refractivity contribution in [1.29, 1.82) is 0 Å². The molecule has 1 aliphatic rings. The fraction of sp³-hybridized carbons (Fsp3) is 0.562. The third-order valence-electron chi connectivity index (χ3n) is 3.93. The van der Waals surface area contributed by atoms with Crippen molar-refractivity contribution in [1.82, 2.24) is 4.90 Å². The molecule has 134 valence electrons. The van der Waals surface area contributed by atoms with Gasteiger partial charge in [0.15, 0.2) is 9.84 Å². The lowest BCUT2D eigenvalue weighted by atomic mass is 10.2. The second-order valence-corrected chi connectivity index (χ2v) is 7.80. The third kappa shape index (κ3) is 5.10. The lowest BCUT2D eigenvalue weighted by molar-refractivity contribution is -0.146. The van der Waals surface area contributed by atoms with E-state index in [0.29, 0.717) is 26.1 Å². The number of hydrogen-bond acceptors (Lipinski definition) is 7. The van der Waals surface area contributed by atoms with Crippen molar-refractivity contribution in [3.05, 3.63) is 24.3 Å². The predicted molar refractivity (Wildman–Crippen MR) is 89.1 cm³/mol. The van der Waals surface area contributed by atoms with Crippen molar-refractivity contribution in [3.63, 3.8) is 0 Å². The molecule has 0 bridgehead atoms. The molecule has 7 nitrogen and oxygen atoms in total.